The molecule has 0 amide bonds. The number of carbonyl (C=O) groups is 1. The Kier molecular flexibility index (Phi) is 6.37. The highest BCUT2D eigenvalue weighted by Crippen LogP contribution is 2.14. The summed E-state index contributed by atoms with van der Waals surface area (Å²) in [7, 11) is 0. The summed E-state index contributed by atoms with van der Waals surface area (Å²) in [5, 5.41) is 0. The van der Waals surface area contributed by atoms with Crippen molar-refractivity contribution >= 4 is 27.8 Å². The first-order valence-corrected chi connectivity index (χ1v) is 6.72. The van der Waals surface area contributed by atoms with Crippen LogP contribution in [0.25, 0.3) is 6.08 Å². The molecule has 0 aliphatic carbocycles. The van der Waals surface area contributed by atoms with E-state index in [0.717, 1.165) is 15.6 Å². The van der Waals surface area contributed by atoms with Crippen LogP contribution in [0.5, 0.6) is 0 Å². The van der Waals surface area contributed by atoms with E-state index >= 15 is 0 Å². The molecule has 1 aromatic rings. The maximum Gasteiger partial charge on any atom is 0.155 e. The normalized spacial score (nSPS) is 13.1. The zero-order valence-corrected chi connectivity index (χ0v) is 12.3. The van der Waals surface area contributed by atoms with Crippen molar-refractivity contribution in [3.8, 4) is 0 Å². The molecule has 0 bridgehead atoms. The van der Waals surface area contributed by atoms with Gasteiger partial charge in [0.05, 0.1) is 0 Å². The van der Waals surface area contributed by atoms with Gasteiger partial charge >= 0.3 is 0 Å². The van der Waals surface area contributed by atoms with Crippen molar-refractivity contribution in [2.45, 2.75) is 20.3 Å². The quantitative estimate of drug-likeness (QED) is 0.558. The Labute approximate surface area is 117 Å². The molecule has 0 saturated carbocycles. The van der Waals surface area contributed by atoms with Gasteiger partial charge in [0.15, 0.2) is 5.78 Å². The third kappa shape index (κ3) is 5.78. The number of rotatable bonds is 5. The van der Waals surface area contributed by atoms with Crippen molar-refractivity contribution in [2.24, 2.45) is 0 Å². The Hall–Kier alpha value is -1.41. The lowest BCUT2D eigenvalue weighted by Crippen LogP contribution is -1.88. The third-order valence-electron chi connectivity index (χ3n) is 2.35. The second-order valence-corrected chi connectivity index (χ2v) is 4.90. The Morgan fingerprint density at radius 3 is 2.50 bits per heavy atom. The van der Waals surface area contributed by atoms with Gasteiger partial charge in [0, 0.05) is 10.9 Å². The molecule has 0 atom stereocenters. The van der Waals surface area contributed by atoms with Crippen LogP contribution >= 0.6 is 15.9 Å². The van der Waals surface area contributed by atoms with E-state index in [4.69, 9.17) is 0 Å². The van der Waals surface area contributed by atoms with Gasteiger partial charge in [-0.2, -0.15) is 0 Å². The lowest BCUT2D eigenvalue weighted by molar-refractivity contribution is -0.114. The van der Waals surface area contributed by atoms with E-state index in [2.05, 4.69) is 15.9 Å². The Bertz CT molecular complexity index is 481. The fraction of sp³-hybridized carbons (Fsp3) is 0.188. The first-order chi connectivity index (χ1) is 8.61. The minimum atomic E-state index is 0.153. The molecule has 0 aliphatic heterocycles. The van der Waals surface area contributed by atoms with Crippen molar-refractivity contribution in [3.05, 3.63) is 64.2 Å². The van der Waals surface area contributed by atoms with Crippen LogP contribution in [0, 0.1) is 0 Å². The molecule has 1 aromatic carbocycles. The fourth-order valence-corrected chi connectivity index (χ4v) is 1.77. The van der Waals surface area contributed by atoms with E-state index in [1.807, 2.05) is 62.4 Å². The summed E-state index contributed by atoms with van der Waals surface area (Å²) < 4.78 is 0.977. The predicted octanol–water partition coefficient (Wildman–Crippen LogP) is 4.90. The van der Waals surface area contributed by atoms with Crippen molar-refractivity contribution in [1.82, 2.24) is 0 Å². The number of carbonyl (C=O) groups excluding carboxylic acids is 1. The van der Waals surface area contributed by atoms with Gasteiger partial charge in [0.2, 0.25) is 0 Å². The van der Waals surface area contributed by atoms with Crippen LogP contribution in [0.3, 0.4) is 0 Å². The lowest BCUT2D eigenvalue weighted by atomic mass is 10.2. The highest BCUT2D eigenvalue weighted by Gasteiger charge is 1.92. The van der Waals surface area contributed by atoms with Crippen LogP contribution in [0.1, 0.15) is 25.8 Å². The Balaban J connectivity index is 2.70. The van der Waals surface area contributed by atoms with Crippen LogP contribution < -0.4 is 0 Å². The lowest BCUT2D eigenvalue weighted by Gasteiger charge is -1.94. The molecular formula is C16H17BrO. The number of allylic oxidation sites excluding steroid dienone is 5. The molecule has 0 spiro atoms. The highest BCUT2D eigenvalue weighted by atomic mass is 79.9. The van der Waals surface area contributed by atoms with E-state index < -0.39 is 0 Å². The zero-order valence-electron chi connectivity index (χ0n) is 10.7. The molecule has 94 valence electrons. The average Bonchev–Trinajstić information content (AvgIpc) is 2.37. The molecule has 0 aliphatic rings. The second kappa shape index (κ2) is 7.83. The molecule has 0 radical (unpaired) electrons. The summed E-state index contributed by atoms with van der Waals surface area (Å²) in [6.45, 7) is 3.79. The summed E-state index contributed by atoms with van der Waals surface area (Å²) in [6.07, 6.45) is 8.12. The van der Waals surface area contributed by atoms with Gasteiger partial charge in [-0.1, -0.05) is 59.3 Å². The van der Waals surface area contributed by atoms with E-state index in [9.17, 15) is 4.79 Å². The Morgan fingerprint density at radius 1 is 1.22 bits per heavy atom. The van der Waals surface area contributed by atoms with Gasteiger partial charge in [-0.15, -0.1) is 0 Å². The van der Waals surface area contributed by atoms with Crippen molar-refractivity contribution in [3.63, 3.8) is 0 Å². The minimum Gasteiger partial charge on any atom is -0.295 e. The zero-order chi connectivity index (χ0) is 13.4. The summed E-state index contributed by atoms with van der Waals surface area (Å²) >= 11 is 3.49. The van der Waals surface area contributed by atoms with E-state index in [1.54, 1.807) is 6.08 Å². The van der Waals surface area contributed by atoms with E-state index in [-0.39, 0.29) is 5.78 Å². The highest BCUT2D eigenvalue weighted by molar-refractivity contribution is 9.12. The number of hydrogen-bond acceptors (Lipinski definition) is 1. The van der Waals surface area contributed by atoms with E-state index in [1.165, 1.54) is 0 Å². The number of ketones is 1. The molecule has 18 heavy (non-hydrogen) atoms. The second-order valence-electron chi connectivity index (χ2n) is 3.98. The fourth-order valence-electron chi connectivity index (χ4n) is 1.37. The number of benzene rings is 1. The standard InChI is InChI=1S/C16H17BrO/c1-3-16(18)11-13(2)9-10-15(17)12-14-7-5-4-6-8-14/h4-12H,3H2,1-2H3/b10-9+,13-11+,15-12-. The van der Waals surface area contributed by atoms with Gasteiger partial charge < -0.3 is 0 Å². The van der Waals surface area contributed by atoms with Crippen molar-refractivity contribution in [1.29, 1.82) is 0 Å². The third-order valence-corrected chi connectivity index (χ3v) is 2.84. The molecular weight excluding hydrogens is 288 g/mol. The average molecular weight is 305 g/mol. The number of halogens is 1. The molecule has 0 heterocycles. The topological polar surface area (TPSA) is 17.1 Å². The first kappa shape index (κ1) is 14.7. The molecule has 0 fully saturated rings. The van der Waals surface area contributed by atoms with Gasteiger partial charge in [-0.25, -0.2) is 0 Å². The summed E-state index contributed by atoms with van der Waals surface area (Å²) in [5.74, 6) is 0.153. The minimum absolute atomic E-state index is 0.153. The van der Waals surface area contributed by atoms with Crippen molar-refractivity contribution < 1.29 is 4.79 Å². The monoisotopic (exact) mass is 304 g/mol. The molecule has 0 aromatic heterocycles. The molecule has 0 N–H and O–H groups in total. The smallest absolute Gasteiger partial charge is 0.155 e. The van der Waals surface area contributed by atoms with Gasteiger partial charge in [0.25, 0.3) is 0 Å². The van der Waals surface area contributed by atoms with Gasteiger partial charge in [-0.3, -0.25) is 4.79 Å². The molecule has 2 heteroatoms. The van der Waals surface area contributed by atoms with Crippen molar-refractivity contribution in [2.75, 3.05) is 0 Å². The molecule has 1 rings (SSSR count). The largest absolute Gasteiger partial charge is 0.295 e. The van der Waals surface area contributed by atoms with Crippen LogP contribution in [-0.2, 0) is 4.79 Å². The Morgan fingerprint density at radius 2 is 1.89 bits per heavy atom. The maximum atomic E-state index is 11.2. The van der Waals surface area contributed by atoms with Gasteiger partial charge in [0.1, 0.15) is 0 Å². The van der Waals surface area contributed by atoms with Crippen LogP contribution in [0.4, 0.5) is 0 Å². The molecule has 0 saturated heterocycles. The predicted molar refractivity (Wildman–Crippen MR) is 81.5 cm³/mol. The summed E-state index contributed by atoms with van der Waals surface area (Å²) in [4.78, 5) is 11.2. The van der Waals surface area contributed by atoms with Gasteiger partial charge in [-0.05, 0) is 36.3 Å². The maximum absolute atomic E-state index is 11.2. The SMILES string of the molecule is CCC(=O)/C=C(C)/C=C/C(Br)=C/c1ccccc1. The summed E-state index contributed by atoms with van der Waals surface area (Å²) in [5.41, 5.74) is 2.10. The van der Waals surface area contributed by atoms with Crippen LogP contribution in [0.2, 0.25) is 0 Å². The molecule has 0 unspecified atom stereocenters. The molecule has 1 nitrogen and oxygen atoms in total. The summed E-state index contributed by atoms with van der Waals surface area (Å²) in [6, 6.07) is 10.1. The first-order valence-electron chi connectivity index (χ1n) is 5.93. The van der Waals surface area contributed by atoms with Crippen LogP contribution in [0.15, 0.2) is 58.6 Å². The van der Waals surface area contributed by atoms with E-state index in [0.29, 0.717) is 6.42 Å². The number of hydrogen-bond donors (Lipinski definition) is 0. The van der Waals surface area contributed by atoms with Crippen LogP contribution in [-0.4, -0.2) is 5.78 Å².